The lowest BCUT2D eigenvalue weighted by molar-refractivity contribution is 1.32. The molecule has 0 spiro atoms. The van der Waals surface area contributed by atoms with Crippen LogP contribution in [0, 0.1) is 0 Å². The van der Waals surface area contributed by atoms with Gasteiger partial charge < -0.3 is 16.5 Å². The second-order valence-corrected chi connectivity index (χ2v) is 7.47. The van der Waals surface area contributed by atoms with Gasteiger partial charge in [-0.3, -0.25) is 0 Å². The Morgan fingerprint density at radius 1 is 1.04 bits per heavy atom. The van der Waals surface area contributed by atoms with Gasteiger partial charge in [0.2, 0.25) is 0 Å². The van der Waals surface area contributed by atoms with Crippen molar-refractivity contribution in [3.8, 4) is 32.1 Å². The number of aromatic nitrogens is 3. The molecule has 4 aromatic rings. The molecule has 0 bridgehead atoms. The Bertz CT molecular complexity index is 1090. The second kappa shape index (κ2) is 6.64. The molecule has 3 heterocycles. The van der Waals surface area contributed by atoms with Crippen LogP contribution < -0.4 is 11.5 Å². The highest BCUT2D eigenvalue weighted by Crippen LogP contribution is 2.50. The number of H-pyrrole nitrogens is 1. The largest absolute Gasteiger partial charge is 0.397 e. The minimum atomic E-state index is 0.435. The van der Waals surface area contributed by atoms with E-state index in [1.807, 2.05) is 12.1 Å². The van der Waals surface area contributed by atoms with Crippen molar-refractivity contribution in [1.29, 1.82) is 0 Å². The lowest BCUT2D eigenvalue weighted by atomic mass is 10.0. The quantitative estimate of drug-likeness (QED) is 0.431. The van der Waals surface area contributed by atoms with Gasteiger partial charge in [0, 0.05) is 22.3 Å². The molecule has 0 aliphatic heterocycles. The van der Waals surface area contributed by atoms with Crippen molar-refractivity contribution in [3.05, 3.63) is 59.1 Å². The molecule has 8 heteroatoms. The predicted molar refractivity (Wildman–Crippen MR) is 109 cm³/mol. The number of imidazole rings is 1. The Labute approximate surface area is 163 Å². The molecule has 0 amide bonds. The smallest absolute Gasteiger partial charge is 0.123 e. The summed E-state index contributed by atoms with van der Waals surface area (Å²) in [4.78, 5) is 13.1. The van der Waals surface area contributed by atoms with Gasteiger partial charge in [-0.2, -0.15) is 0 Å². The topological polar surface area (TPSA) is 93.6 Å². The Hall–Kier alpha value is -2.54. The number of halogens is 2. The van der Waals surface area contributed by atoms with Gasteiger partial charge in [-0.25, -0.2) is 9.97 Å². The molecule has 0 aliphatic rings. The van der Waals surface area contributed by atoms with Crippen LogP contribution in [0.4, 0.5) is 11.5 Å². The number of thiophene rings is 1. The maximum Gasteiger partial charge on any atom is 0.123 e. The lowest BCUT2D eigenvalue weighted by Crippen LogP contribution is -1.92. The highest BCUT2D eigenvalue weighted by Gasteiger charge is 2.22. The Kier molecular flexibility index (Phi) is 4.32. The number of nitrogens with zero attached hydrogens (tertiary/aromatic N) is 2. The highest BCUT2D eigenvalue weighted by molar-refractivity contribution is 7.20. The normalized spacial score (nSPS) is 11.0. The molecule has 0 saturated heterocycles. The average molecular weight is 402 g/mol. The first-order valence-corrected chi connectivity index (χ1v) is 9.20. The first-order chi connectivity index (χ1) is 12.5. The van der Waals surface area contributed by atoms with E-state index in [0.717, 1.165) is 32.1 Å². The van der Waals surface area contributed by atoms with Crippen LogP contribution in [0.3, 0.4) is 0 Å². The summed E-state index contributed by atoms with van der Waals surface area (Å²) < 4.78 is 0. The Morgan fingerprint density at radius 3 is 2.58 bits per heavy atom. The van der Waals surface area contributed by atoms with Crippen LogP contribution in [-0.4, -0.2) is 15.0 Å². The Morgan fingerprint density at radius 2 is 1.88 bits per heavy atom. The van der Waals surface area contributed by atoms with E-state index in [4.69, 9.17) is 34.7 Å². The van der Waals surface area contributed by atoms with Crippen LogP contribution >= 0.6 is 34.5 Å². The average Bonchev–Trinajstić information content (AvgIpc) is 3.23. The number of nitrogen functional groups attached to an aromatic ring is 2. The van der Waals surface area contributed by atoms with Crippen LogP contribution in [0.15, 0.2) is 49.1 Å². The minimum Gasteiger partial charge on any atom is -0.397 e. The zero-order chi connectivity index (χ0) is 18.3. The summed E-state index contributed by atoms with van der Waals surface area (Å²) in [6, 6.07) is 9.04. The van der Waals surface area contributed by atoms with E-state index in [1.54, 1.807) is 48.3 Å². The SMILES string of the molecule is Nc1cc(-c2sc(-c3cnc[nH]3)c(-c3ccc(Cl)cc3Cl)c2N)ccn1. The molecule has 0 atom stereocenters. The third-order valence-electron chi connectivity index (χ3n) is 3.93. The van der Waals surface area contributed by atoms with Crippen molar-refractivity contribution in [3.63, 3.8) is 0 Å². The molecule has 0 saturated carbocycles. The van der Waals surface area contributed by atoms with Crippen molar-refractivity contribution in [2.24, 2.45) is 0 Å². The van der Waals surface area contributed by atoms with Gasteiger partial charge in [0.05, 0.1) is 38.7 Å². The van der Waals surface area contributed by atoms with Gasteiger partial charge >= 0.3 is 0 Å². The van der Waals surface area contributed by atoms with Crippen LogP contribution in [0.5, 0.6) is 0 Å². The molecule has 0 aliphatic carbocycles. The zero-order valence-corrected chi connectivity index (χ0v) is 15.7. The number of anilines is 2. The molecule has 4 rings (SSSR count). The Balaban J connectivity index is 2.00. The van der Waals surface area contributed by atoms with E-state index in [1.165, 1.54) is 0 Å². The summed E-state index contributed by atoms with van der Waals surface area (Å²) in [5.74, 6) is 0.435. The van der Waals surface area contributed by atoms with E-state index >= 15 is 0 Å². The number of nitrogens with two attached hydrogens (primary N) is 2. The number of nitrogens with one attached hydrogen (secondary N) is 1. The summed E-state index contributed by atoms with van der Waals surface area (Å²) in [7, 11) is 0. The number of rotatable bonds is 3. The maximum absolute atomic E-state index is 6.55. The lowest BCUT2D eigenvalue weighted by Gasteiger charge is -2.08. The fourth-order valence-corrected chi connectivity index (χ4v) is 4.48. The number of hydrogen-bond acceptors (Lipinski definition) is 5. The molecule has 5 nitrogen and oxygen atoms in total. The number of pyridine rings is 1. The van der Waals surface area contributed by atoms with Crippen molar-refractivity contribution in [1.82, 2.24) is 15.0 Å². The molecule has 1 aromatic carbocycles. The summed E-state index contributed by atoms with van der Waals surface area (Å²) >= 11 is 14.1. The molecule has 0 fully saturated rings. The predicted octanol–water partition coefficient (Wildman–Crippen LogP) is 5.34. The van der Waals surface area contributed by atoms with Gasteiger partial charge in [-0.1, -0.05) is 29.3 Å². The summed E-state index contributed by atoms with van der Waals surface area (Å²) in [6.45, 7) is 0. The fraction of sp³-hybridized carbons (Fsp3) is 0. The van der Waals surface area contributed by atoms with Crippen LogP contribution in [0.1, 0.15) is 0 Å². The molecule has 26 heavy (non-hydrogen) atoms. The molecule has 5 N–H and O–H groups in total. The molecule has 130 valence electrons. The van der Waals surface area contributed by atoms with E-state index in [2.05, 4.69) is 15.0 Å². The van der Waals surface area contributed by atoms with Crippen molar-refractivity contribution in [2.75, 3.05) is 11.5 Å². The molecule has 3 aromatic heterocycles. The van der Waals surface area contributed by atoms with Gasteiger partial charge in [0.25, 0.3) is 0 Å². The first kappa shape index (κ1) is 16.9. The number of benzene rings is 1. The third kappa shape index (κ3) is 2.92. The van der Waals surface area contributed by atoms with E-state index in [-0.39, 0.29) is 0 Å². The molecule has 0 radical (unpaired) electrons. The van der Waals surface area contributed by atoms with Crippen LogP contribution in [-0.2, 0) is 0 Å². The van der Waals surface area contributed by atoms with Crippen molar-refractivity contribution >= 4 is 46.0 Å². The zero-order valence-electron chi connectivity index (χ0n) is 13.3. The van der Waals surface area contributed by atoms with E-state index in [0.29, 0.717) is 21.6 Å². The highest BCUT2D eigenvalue weighted by atomic mass is 35.5. The molecular weight excluding hydrogens is 389 g/mol. The van der Waals surface area contributed by atoms with Gasteiger partial charge in [0.1, 0.15) is 5.82 Å². The van der Waals surface area contributed by atoms with Crippen LogP contribution in [0.25, 0.3) is 32.1 Å². The molecular formula is C18H13Cl2N5S. The summed E-state index contributed by atoms with van der Waals surface area (Å²) in [5, 5.41) is 1.10. The van der Waals surface area contributed by atoms with Gasteiger partial charge in [-0.05, 0) is 29.8 Å². The van der Waals surface area contributed by atoms with Crippen LogP contribution in [0.2, 0.25) is 10.0 Å². The second-order valence-electron chi connectivity index (χ2n) is 5.61. The first-order valence-electron chi connectivity index (χ1n) is 7.63. The number of hydrogen-bond donors (Lipinski definition) is 3. The van der Waals surface area contributed by atoms with Gasteiger partial charge in [0.15, 0.2) is 0 Å². The molecule has 0 unspecified atom stereocenters. The standard InChI is InChI=1S/C18H13Cl2N5S/c19-10-1-2-11(12(20)6-10)15-16(22)17(9-3-4-24-14(21)5-9)26-18(15)13-7-23-8-25-13/h1-8H,22H2,(H2,21,24)(H,23,25). The van der Waals surface area contributed by atoms with Crippen molar-refractivity contribution in [2.45, 2.75) is 0 Å². The summed E-state index contributed by atoms with van der Waals surface area (Å²) in [5.41, 5.74) is 16.4. The van der Waals surface area contributed by atoms with E-state index in [9.17, 15) is 0 Å². The number of aromatic amines is 1. The van der Waals surface area contributed by atoms with Crippen molar-refractivity contribution < 1.29 is 0 Å². The monoisotopic (exact) mass is 401 g/mol. The fourth-order valence-electron chi connectivity index (χ4n) is 2.78. The van der Waals surface area contributed by atoms with Gasteiger partial charge in [-0.15, -0.1) is 11.3 Å². The van der Waals surface area contributed by atoms with E-state index < -0.39 is 0 Å². The maximum atomic E-state index is 6.55. The third-order valence-corrected chi connectivity index (χ3v) is 5.77. The minimum absolute atomic E-state index is 0.435. The summed E-state index contributed by atoms with van der Waals surface area (Å²) in [6.07, 6.45) is 5.04.